The molecule has 0 heterocycles. The summed E-state index contributed by atoms with van der Waals surface area (Å²) in [6.07, 6.45) is 9.18. The van der Waals surface area contributed by atoms with Crippen molar-refractivity contribution in [1.29, 1.82) is 0 Å². The number of Topliss-reactive ketones (excluding diaryl/α,β-unsaturated/α-hetero) is 1. The molecule has 0 saturated heterocycles. The highest BCUT2D eigenvalue weighted by Crippen LogP contribution is 2.88. The zero-order valence-corrected chi connectivity index (χ0v) is 24.6. The first kappa shape index (κ1) is 26.5. The summed E-state index contributed by atoms with van der Waals surface area (Å²) in [7, 11) is 1.69. The second-order valence-electron chi connectivity index (χ2n) is 15.1. The smallest absolute Gasteiger partial charge is 0.141 e. The first-order chi connectivity index (χ1) is 18.5. The van der Waals surface area contributed by atoms with Crippen molar-refractivity contribution in [3.8, 4) is 0 Å². The maximum Gasteiger partial charge on any atom is 0.141 e. The van der Waals surface area contributed by atoms with E-state index in [0.717, 1.165) is 31.1 Å². The lowest BCUT2D eigenvalue weighted by atomic mass is 9.43. The van der Waals surface area contributed by atoms with Crippen LogP contribution in [0.4, 0.5) is 5.69 Å². The van der Waals surface area contributed by atoms with Crippen LogP contribution in [0, 0.1) is 51.8 Å². The van der Waals surface area contributed by atoms with Crippen LogP contribution in [0.3, 0.4) is 0 Å². The summed E-state index contributed by atoms with van der Waals surface area (Å²) in [5, 5.41) is 25.9. The molecule has 1 aromatic rings. The second kappa shape index (κ2) is 8.55. The number of fused-ring (bicyclic) bond motifs is 3. The topological polar surface area (TPSA) is 78.8 Å². The molecule has 1 spiro atoms. The molecule has 12 atom stereocenters. The molecule has 214 valence electrons. The minimum absolute atomic E-state index is 0.0245. The van der Waals surface area contributed by atoms with Crippen LogP contribution < -0.4 is 5.32 Å². The maximum atomic E-state index is 13.5. The molecule has 3 N–H and O–H groups in total. The first-order valence-electron chi connectivity index (χ1n) is 15.9. The Labute approximate surface area is 234 Å². The number of hydrogen-bond acceptors (Lipinski definition) is 5. The highest BCUT2D eigenvalue weighted by Gasteiger charge is 2.88. The first-order valence-corrected chi connectivity index (χ1v) is 15.9. The number of carbonyl (C=O) groups is 1. The van der Waals surface area contributed by atoms with E-state index in [1.807, 2.05) is 6.92 Å². The van der Waals surface area contributed by atoms with Crippen molar-refractivity contribution >= 4 is 11.5 Å². The number of rotatable bonds is 7. The zero-order chi connectivity index (χ0) is 27.5. The van der Waals surface area contributed by atoms with E-state index in [-0.39, 0.29) is 40.2 Å². The number of ketones is 1. The Bertz CT molecular complexity index is 1180. The summed E-state index contributed by atoms with van der Waals surface area (Å²) >= 11 is 0. The number of carbonyl (C=O) groups excluding carboxylic acids is 1. The lowest BCUT2D eigenvalue weighted by Crippen LogP contribution is -2.60. The van der Waals surface area contributed by atoms with E-state index in [1.165, 1.54) is 48.9 Å². The van der Waals surface area contributed by atoms with Gasteiger partial charge < -0.3 is 20.3 Å². The average molecular weight is 536 g/mol. The maximum absolute atomic E-state index is 13.5. The largest absolute Gasteiger partial charge is 0.392 e. The van der Waals surface area contributed by atoms with Crippen molar-refractivity contribution in [1.82, 2.24) is 0 Å². The molecule has 0 aliphatic heterocycles. The molecular formula is C34H49NO4. The number of aryl methyl sites for hydroxylation is 1. The molecule has 0 amide bonds. The Balaban J connectivity index is 1.23. The molecule has 1 aromatic carbocycles. The van der Waals surface area contributed by atoms with Gasteiger partial charge in [-0.25, -0.2) is 0 Å². The number of aliphatic hydroxyl groups excluding tert-OH is 1. The van der Waals surface area contributed by atoms with E-state index in [1.54, 1.807) is 7.11 Å². The summed E-state index contributed by atoms with van der Waals surface area (Å²) in [6.45, 7) is 9.48. The molecule has 39 heavy (non-hydrogen) atoms. The Morgan fingerprint density at radius 3 is 2.67 bits per heavy atom. The molecule has 0 radical (unpaired) electrons. The summed E-state index contributed by atoms with van der Waals surface area (Å²) in [4.78, 5) is 13.5. The molecule has 7 rings (SSSR count). The third-order valence-electron chi connectivity index (χ3n) is 14.1. The van der Waals surface area contributed by atoms with Crippen molar-refractivity contribution in [2.24, 2.45) is 51.8 Å². The van der Waals surface area contributed by atoms with Crippen LogP contribution in [0.5, 0.6) is 0 Å². The van der Waals surface area contributed by atoms with Crippen LogP contribution in [-0.4, -0.2) is 47.5 Å². The van der Waals surface area contributed by atoms with Crippen LogP contribution >= 0.6 is 0 Å². The van der Waals surface area contributed by atoms with Gasteiger partial charge >= 0.3 is 0 Å². The van der Waals surface area contributed by atoms with Crippen molar-refractivity contribution in [3.63, 3.8) is 0 Å². The molecule has 5 nitrogen and oxygen atoms in total. The molecule has 6 bridgehead atoms. The van der Waals surface area contributed by atoms with E-state index < -0.39 is 5.60 Å². The lowest BCUT2D eigenvalue weighted by molar-refractivity contribution is -0.192. The van der Waals surface area contributed by atoms with Crippen LogP contribution in [0.1, 0.15) is 83.8 Å². The van der Waals surface area contributed by atoms with Gasteiger partial charge in [-0.05, 0) is 116 Å². The van der Waals surface area contributed by atoms with Gasteiger partial charge in [0.1, 0.15) is 11.4 Å². The normalized spacial score (nSPS) is 49.7. The van der Waals surface area contributed by atoms with Gasteiger partial charge in [0.2, 0.25) is 0 Å². The number of methoxy groups -OCH3 is 1. The fourth-order valence-corrected chi connectivity index (χ4v) is 12.6. The van der Waals surface area contributed by atoms with E-state index >= 15 is 0 Å². The van der Waals surface area contributed by atoms with E-state index in [2.05, 4.69) is 44.3 Å². The number of benzene rings is 1. The van der Waals surface area contributed by atoms with Gasteiger partial charge in [-0.3, -0.25) is 4.79 Å². The van der Waals surface area contributed by atoms with Gasteiger partial charge in [-0.2, -0.15) is 0 Å². The van der Waals surface area contributed by atoms with Crippen LogP contribution in [0.25, 0.3) is 0 Å². The van der Waals surface area contributed by atoms with Crippen LogP contribution in [0.2, 0.25) is 0 Å². The standard InChI is InChI=1S/C34H49NO4/c1-6-21-8-7-20(12-26(21)35-18-19(2)36)11-23-17-33-16-22(23)9-10-25(33)13-24-15-31(3)32(33,4)29(24)30-27(37)14-28(39-5)34(30,31)38/h7-8,12,19,22-25,28-30,35-36,38H,6,9-11,13-18H2,1-5H3/t19-,22+,23-,24+,25+,28+,29-,30+,31+,32-,33+,34+/m0/s1. The number of hydrogen-bond donors (Lipinski definition) is 3. The minimum Gasteiger partial charge on any atom is -0.392 e. The Kier molecular flexibility index (Phi) is 5.80. The van der Waals surface area contributed by atoms with Crippen molar-refractivity contribution < 1.29 is 19.7 Å². The molecule has 6 fully saturated rings. The Morgan fingerprint density at radius 2 is 1.95 bits per heavy atom. The second-order valence-corrected chi connectivity index (χ2v) is 15.1. The third-order valence-corrected chi connectivity index (χ3v) is 14.1. The van der Waals surface area contributed by atoms with Crippen molar-refractivity contribution in [3.05, 3.63) is 29.3 Å². The summed E-state index contributed by atoms with van der Waals surface area (Å²) in [6, 6.07) is 6.95. The molecule has 0 unspecified atom stereocenters. The number of nitrogens with one attached hydrogen (secondary N) is 1. The molecule has 6 aliphatic rings. The minimum atomic E-state index is -1.02. The third kappa shape index (κ3) is 3.06. The summed E-state index contributed by atoms with van der Waals surface area (Å²) in [5.41, 5.74) is 2.76. The summed E-state index contributed by atoms with van der Waals surface area (Å²) < 4.78 is 5.90. The lowest BCUT2D eigenvalue weighted by Gasteiger charge is -2.61. The number of ether oxygens (including phenoxy) is 1. The Hall–Kier alpha value is -1.43. The zero-order valence-electron chi connectivity index (χ0n) is 24.6. The average Bonchev–Trinajstić information content (AvgIpc) is 3.46. The van der Waals surface area contributed by atoms with Crippen molar-refractivity contribution in [2.75, 3.05) is 19.0 Å². The predicted molar refractivity (Wildman–Crippen MR) is 152 cm³/mol. The van der Waals surface area contributed by atoms with Gasteiger partial charge in [-0.1, -0.05) is 32.9 Å². The van der Waals surface area contributed by atoms with Gasteiger partial charge in [-0.15, -0.1) is 0 Å². The molecule has 5 heteroatoms. The molecule has 6 aliphatic carbocycles. The van der Waals surface area contributed by atoms with Gasteiger partial charge in [0.05, 0.1) is 18.1 Å². The fraction of sp³-hybridized carbons (Fsp3) is 0.794. The Morgan fingerprint density at radius 1 is 1.15 bits per heavy atom. The van der Waals surface area contributed by atoms with E-state index in [0.29, 0.717) is 30.7 Å². The van der Waals surface area contributed by atoms with Crippen LogP contribution in [-0.2, 0) is 22.4 Å². The highest BCUT2D eigenvalue weighted by molar-refractivity contribution is 5.88. The SMILES string of the molecule is CCc1ccc(C[C@H]2C[C@]34C[C@H]2CC[C@@H]3C[C@@H]2C[C@@]3(C)[C@]5(O)[C@H](C(=O)C[C@H]5OC)[C@H]2[C@]43C)cc1NC[C@H](C)O. The van der Waals surface area contributed by atoms with Crippen LogP contribution in [0.15, 0.2) is 18.2 Å². The van der Waals surface area contributed by atoms with E-state index in [4.69, 9.17) is 4.74 Å². The molecular weight excluding hydrogens is 486 g/mol. The number of aliphatic hydroxyl groups is 2. The quantitative estimate of drug-likeness (QED) is 0.435. The highest BCUT2D eigenvalue weighted by atomic mass is 16.5. The number of anilines is 1. The predicted octanol–water partition coefficient (Wildman–Crippen LogP) is 5.41. The van der Waals surface area contributed by atoms with Gasteiger partial charge in [0.15, 0.2) is 0 Å². The molecule has 0 aromatic heterocycles. The summed E-state index contributed by atoms with van der Waals surface area (Å²) in [5.74, 6) is 2.98. The van der Waals surface area contributed by atoms with Gasteiger partial charge in [0, 0.05) is 31.2 Å². The fourth-order valence-electron chi connectivity index (χ4n) is 12.6. The van der Waals surface area contributed by atoms with Crippen molar-refractivity contribution in [2.45, 2.75) is 103 Å². The van der Waals surface area contributed by atoms with E-state index in [9.17, 15) is 15.0 Å². The van der Waals surface area contributed by atoms with Gasteiger partial charge in [0.25, 0.3) is 0 Å². The monoisotopic (exact) mass is 535 g/mol. The molecule has 6 saturated carbocycles.